The van der Waals surface area contributed by atoms with Crippen LogP contribution in [0.15, 0.2) is 30.3 Å². The van der Waals surface area contributed by atoms with Crippen LogP contribution >= 0.6 is 58.0 Å². The van der Waals surface area contributed by atoms with E-state index >= 15 is 0 Å². The van der Waals surface area contributed by atoms with E-state index in [1.807, 2.05) is 0 Å². The summed E-state index contributed by atoms with van der Waals surface area (Å²) in [7, 11) is 0. The second-order valence-electron chi connectivity index (χ2n) is 3.68. The first-order chi connectivity index (χ1) is 8.91. The summed E-state index contributed by atoms with van der Waals surface area (Å²) in [5.74, 6) is 0. The first-order valence-corrected chi connectivity index (χ1v) is 6.94. The van der Waals surface area contributed by atoms with E-state index in [0.717, 1.165) is 0 Å². The number of rotatable bonds is 2. The van der Waals surface area contributed by atoms with E-state index in [2.05, 4.69) is 0 Å². The molecule has 0 fully saturated rings. The molecule has 0 saturated heterocycles. The van der Waals surface area contributed by atoms with Crippen molar-refractivity contribution < 1.29 is 4.79 Å². The highest BCUT2D eigenvalue weighted by Crippen LogP contribution is 2.38. The number of hydrogen-bond donors (Lipinski definition) is 0. The van der Waals surface area contributed by atoms with Crippen LogP contribution in [0, 0.1) is 0 Å². The van der Waals surface area contributed by atoms with Gasteiger partial charge in [0.2, 0.25) is 0 Å². The van der Waals surface area contributed by atoms with Crippen molar-refractivity contribution in [2.24, 2.45) is 0 Å². The second-order valence-corrected chi connectivity index (χ2v) is 5.65. The van der Waals surface area contributed by atoms with Gasteiger partial charge in [-0.3, -0.25) is 4.79 Å². The van der Waals surface area contributed by atoms with Crippen molar-refractivity contribution in [2.75, 3.05) is 0 Å². The van der Waals surface area contributed by atoms with Crippen LogP contribution in [0.2, 0.25) is 20.1 Å². The van der Waals surface area contributed by atoms with Crippen LogP contribution in [0.4, 0.5) is 0 Å². The first kappa shape index (κ1) is 15.0. The Hall–Kier alpha value is -0.440. The molecule has 0 amide bonds. The Labute approximate surface area is 135 Å². The molecule has 0 aromatic heterocycles. The van der Waals surface area contributed by atoms with Gasteiger partial charge in [-0.05, 0) is 35.4 Å². The van der Waals surface area contributed by atoms with E-state index in [9.17, 15) is 4.79 Å². The summed E-state index contributed by atoms with van der Waals surface area (Å²) in [4.78, 5) is 11.5. The zero-order chi connectivity index (χ0) is 14.2. The molecule has 0 spiro atoms. The summed E-state index contributed by atoms with van der Waals surface area (Å²) in [6.07, 6.45) is 0. The van der Waals surface area contributed by atoms with Gasteiger partial charge >= 0.3 is 0 Å². The summed E-state index contributed by atoms with van der Waals surface area (Å²) < 4.78 is 0. The third-order valence-corrected chi connectivity index (χ3v) is 4.05. The van der Waals surface area contributed by atoms with Crippen molar-refractivity contribution in [1.82, 2.24) is 0 Å². The fourth-order valence-electron chi connectivity index (χ4n) is 1.68. The molecule has 2 rings (SSSR count). The summed E-state index contributed by atoms with van der Waals surface area (Å²) >= 11 is 29.5. The van der Waals surface area contributed by atoms with Gasteiger partial charge in [0.05, 0.1) is 25.7 Å². The third kappa shape index (κ3) is 3.01. The molecule has 0 radical (unpaired) electrons. The molecule has 0 unspecified atom stereocenters. The Morgan fingerprint density at radius 2 is 1.42 bits per heavy atom. The normalized spacial score (nSPS) is 10.6. The van der Waals surface area contributed by atoms with Crippen molar-refractivity contribution in [3.8, 4) is 11.1 Å². The van der Waals surface area contributed by atoms with Gasteiger partial charge in [-0.15, -0.1) is 0 Å². The number of carbonyl (C=O) groups is 1. The molecular formula is C13H5Cl5O. The van der Waals surface area contributed by atoms with Crippen molar-refractivity contribution in [3.63, 3.8) is 0 Å². The molecule has 2 aromatic carbocycles. The number of hydrogen-bond acceptors (Lipinski definition) is 1. The molecule has 1 nitrogen and oxygen atoms in total. The Morgan fingerprint density at radius 1 is 0.789 bits per heavy atom. The lowest BCUT2D eigenvalue weighted by atomic mass is 10.0. The van der Waals surface area contributed by atoms with E-state index in [1.54, 1.807) is 24.3 Å². The third-order valence-electron chi connectivity index (χ3n) is 2.51. The molecule has 0 aliphatic carbocycles. The van der Waals surface area contributed by atoms with E-state index in [0.29, 0.717) is 26.2 Å². The van der Waals surface area contributed by atoms with Gasteiger partial charge in [0.25, 0.3) is 5.24 Å². The molecule has 19 heavy (non-hydrogen) atoms. The number of carbonyl (C=O) groups excluding carboxylic acids is 1. The Bertz CT molecular complexity index is 666. The van der Waals surface area contributed by atoms with Crippen LogP contribution < -0.4 is 0 Å². The van der Waals surface area contributed by atoms with Crippen LogP contribution in [-0.4, -0.2) is 5.24 Å². The molecular weight excluding hydrogens is 349 g/mol. The van der Waals surface area contributed by atoms with Crippen LogP contribution in [0.5, 0.6) is 0 Å². The Morgan fingerprint density at radius 3 is 2.05 bits per heavy atom. The second kappa shape index (κ2) is 5.90. The molecule has 0 aliphatic heterocycles. The lowest BCUT2D eigenvalue weighted by Crippen LogP contribution is -1.95. The maximum absolute atomic E-state index is 11.5. The predicted octanol–water partition coefficient (Wildman–Crippen LogP) is 6.35. The highest BCUT2D eigenvalue weighted by molar-refractivity contribution is 6.69. The topological polar surface area (TPSA) is 17.1 Å². The molecule has 6 heteroatoms. The van der Waals surface area contributed by atoms with Crippen LogP contribution in [0.3, 0.4) is 0 Å². The summed E-state index contributed by atoms with van der Waals surface area (Å²) in [5.41, 5.74) is 1.24. The smallest absolute Gasteiger partial charge is 0.254 e. The average Bonchev–Trinajstić information content (AvgIpc) is 2.33. The highest BCUT2D eigenvalue weighted by atomic mass is 35.5. The van der Waals surface area contributed by atoms with Gasteiger partial charge in [0, 0.05) is 5.56 Å². The monoisotopic (exact) mass is 352 g/mol. The largest absolute Gasteiger partial charge is 0.276 e. The van der Waals surface area contributed by atoms with E-state index in [4.69, 9.17) is 58.0 Å². The molecule has 0 heterocycles. The molecule has 0 bridgehead atoms. The summed E-state index contributed by atoms with van der Waals surface area (Å²) in [6.45, 7) is 0. The highest BCUT2D eigenvalue weighted by Gasteiger charge is 2.17. The molecule has 0 saturated carbocycles. The van der Waals surface area contributed by atoms with Gasteiger partial charge < -0.3 is 0 Å². The molecule has 0 aliphatic rings. The van der Waals surface area contributed by atoms with Gasteiger partial charge in [0.15, 0.2) is 0 Å². The predicted molar refractivity (Wildman–Crippen MR) is 82.1 cm³/mol. The maximum atomic E-state index is 11.5. The SMILES string of the molecule is O=C(Cl)c1c(Cl)cccc1-c1cc(Cl)c(Cl)cc1Cl. The Balaban J connectivity index is 2.76. The zero-order valence-corrected chi connectivity index (χ0v) is 13.0. The van der Waals surface area contributed by atoms with Gasteiger partial charge in [0.1, 0.15) is 0 Å². The summed E-state index contributed by atoms with van der Waals surface area (Å²) in [6, 6.07) is 8.03. The van der Waals surface area contributed by atoms with E-state index in [-0.39, 0.29) is 10.6 Å². The lowest BCUT2D eigenvalue weighted by molar-refractivity contribution is 0.108. The van der Waals surface area contributed by atoms with Crippen LogP contribution in [-0.2, 0) is 0 Å². The Kier molecular flexibility index (Phi) is 4.65. The standard InChI is InChI=1S/C13H5Cl5O/c14-8-3-1-2-6(12(8)13(18)19)7-4-10(16)11(17)5-9(7)15/h1-5H. The minimum absolute atomic E-state index is 0.186. The minimum Gasteiger partial charge on any atom is -0.276 e. The average molecular weight is 354 g/mol. The van der Waals surface area contributed by atoms with Crippen molar-refractivity contribution >= 4 is 63.2 Å². The number of halogens is 5. The van der Waals surface area contributed by atoms with Gasteiger partial charge in [-0.2, -0.15) is 0 Å². The quantitative estimate of drug-likeness (QED) is 0.454. The molecule has 0 N–H and O–H groups in total. The maximum Gasteiger partial charge on any atom is 0.254 e. The first-order valence-electron chi connectivity index (χ1n) is 5.05. The number of benzene rings is 2. The lowest BCUT2D eigenvalue weighted by Gasteiger charge is -2.11. The minimum atomic E-state index is -0.664. The zero-order valence-electron chi connectivity index (χ0n) is 9.18. The van der Waals surface area contributed by atoms with E-state index < -0.39 is 5.24 Å². The van der Waals surface area contributed by atoms with Crippen LogP contribution in [0.1, 0.15) is 10.4 Å². The van der Waals surface area contributed by atoms with Crippen molar-refractivity contribution in [1.29, 1.82) is 0 Å². The van der Waals surface area contributed by atoms with Crippen molar-refractivity contribution in [2.45, 2.75) is 0 Å². The van der Waals surface area contributed by atoms with E-state index in [1.165, 1.54) is 6.07 Å². The molecule has 0 atom stereocenters. The molecule has 98 valence electrons. The fraction of sp³-hybridized carbons (Fsp3) is 0. The summed E-state index contributed by atoms with van der Waals surface area (Å²) in [5, 5.41) is 0.600. The van der Waals surface area contributed by atoms with Gasteiger partial charge in [-0.25, -0.2) is 0 Å². The molecule has 2 aromatic rings. The van der Waals surface area contributed by atoms with Crippen molar-refractivity contribution in [3.05, 3.63) is 56.0 Å². The van der Waals surface area contributed by atoms with Crippen LogP contribution in [0.25, 0.3) is 11.1 Å². The fourth-order valence-corrected chi connectivity index (χ4v) is 2.84. The van der Waals surface area contributed by atoms with Gasteiger partial charge in [-0.1, -0.05) is 58.5 Å².